The quantitative estimate of drug-likeness (QED) is 0.667. The summed E-state index contributed by atoms with van der Waals surface area (Å²) in [5, 5.41) is 9.49. The number of nitrogens with zero attached hydrogens (tertiary/aromatic N) is 5. The van der Waals surface area contributed by atoms with E-state index >= 15 is 0 Å². The number of amides is 1. The molecular formula is C18H19Cl2N5O. The molecule has 0 unspecified atom stereocenters. The molecule has 1 aromatic carbocycles. The molecule has 2 aromatic heterocycles. The van der Waals surface area contributed by atoms with Gasteiger partial charge < -0.3 is 4.90 Å². The molecule has 0 atom stereocenters. The summed E-state index contributed by atoms with van der Waals surface area (Å²) in [5.41, 5.74) is 2.83. The number of halogens is 2. The first kappa shape index (κ1) is 18.5. The third kappa shape index (κ3) is 3.76. The van der Waals surface area contributed by atoms with Crippen molar-refractivity contribution in [2.75, 3.05) is 7.05 Å². The lowest BCUT2D eigenvalue weighted by Gasteiger charge is -2.16. The van der Waals surface area contributed by atoms with Crippen LogP contribution in [0, 0.1) is 6.92 Å². The van der Waals surface area contributed by atoms with Gasteiger partial charge in [-0.1, -0.05) is 41.4 Å². The van der Waals surface area contributed by atoms with Crippen LogP contribution in [0.4, 0.5) is 0 Å². The third-order valence-electron chi connectivity index (χ3n) is 4.08. The SMILES string of the molecule is Cc1nn(Cc2ccccc2Cl)c(Cl)c1C(=O)N(C)Cc1cnn(C)c1. The number of rotatable bonds is 5. The van der Waals surface area contributed by atoms with Crippen molar-refractivity contribution in [2.45, 2.75) is 20.0 Å². The second-order valence-corrected chi connectivity index (χ2v) is 6.95. The average Bonchev–Trinajstić information content (AvgIpc) is 3.12. The van der Waals surface area contributed by atoms with Gasteiger partial charge >= 0.3 is 0 Å². The highest BCUT2D eigenvalue weighted by molar-refractivity contribution is 6.33. The van der Waals surface area contributed by atoms with Gasteiger partial charge in [0.2, 0.25) is 0 Å². The highest BCUT2D eigenvalue weighted by Gasteiger charge is 2.23. The summed E-state index contributed by atoms with van der Waals surface area (Å²) in [6.07, 6.45) is 3.61. The normalized spacial score (nSPS) is 11.0. The van der Waals surface area contributed by atoms with Crippen LogP contribution in [-0.2, 0) is 20.1 Å². The molecule has 0 N–H and O–H groups in total. The number of hydrogen-bond acceptors (Lipinski definition) is 3. The van der Waals surface area contributed by atoms with Crippen molar-refractivity contribution in [3.63, 3.8) is 0 Å². The monoisotopic (exact) mass is 391 g/mol. The van der Waals surface area contributed by atoms with Crippen molar-refractivity contribution in [2.24, 2.45) is 7.05 Å². The minimum Gasteiger partial charge on any atom is -0.337 e. The minimum absolute atomic E-state index is 0.179. The maximum absolute atomic E-state index is 12.9. The van der Waals surface area contributed by atoms with Gasteiger partial charge in [-0.2, -0.15) is 10.2 Å². The van der Waals surface area contributed by atoms with Crippen LogP contribution in [0.25, 0.3) is 0 Å². The zero-order chi connectivity index (χ0) is 18.8. The largest absolute Gasteiger partial charge is 0.337 e. The Balaban J connectivity index is 1.82. The Morgan fingerprint density at radius 2 is 2.00 bits per heavy atom. The van der Waals surface area contributed by atoms with E-state index in [2.05, 4.69) is 10.2 Å². The molecule has 2 heterocycles. The van der Waals surface area contributed by atoms with Crippen LogP contribution in [0.1, 0.15) is 27.2 Å². The van der Waals surface area contributed by atoms with E-state index in [0.29, 0.717) is 34.5 Å². The Labute approximate surface area is 161 Å². The molecule has 3 aromatic rings. The van der Waals surface area contributed by atoms with Gasteiger partial charge in [0.25, 0.3) is 5.91 Å². The summed E-state index contributed by atoms with van der Waals surface area (Å²) < 4.78 is 3.30. The predicted octanol–water partition coefficient (Wildman–Crippen LogP) is 3.55. The summed E-state index contributed by atoms with van der Waals surface area (Å²) in [7, 11) is 3.57. The van der Waals surface area contributed by atoms with Gasteiger partial charge in [-0.05, 0) is 18.6 Å². The van der Waals surface area contributed by atoms with Crippen LogP contribution in [0.3, 0.4) is 0 Å². The lowest BCUT2D eigenvalue weighted by atomic mass is 10.2. The van der Waals surface area contributed by atoms with E-state index in [9.17, 15) is 4.79 Å². The first-order chi connectivity index (χ1) is 12.4. The van der Waals surface area contributed by atoms with Gasteiger partial charge in [0, 0.05) is 37.4 Å². The van der Waals surface area contributed by atoms with E-state index in [1.807, 2.05) is 37.5 Å². The molecule has 0 bridgehead atoms. The van der Waals surface area contributed by atoms with Crippen molar-refractivity contribution < 1.29 is 4.79 Å². The lowest BCUT2D eigenvalue weighted by Crippen LogP contribution is -2.26. The van der Waals surface area contributed by atoms with Gasteiger partial charge in [0.1, 0.15) is 5.15 Å². The number of carbonyl (C=O) groups is 1. The lowest BCUT2D eigenvalue weighted by molar-refractivity contribution is 0.0784. The van der Waals surface area contributed by atoms with Gasteiger partial charge in [-0.25, -0.2) is 4.68 Å². The fraction of sp³-hybridized carbons (Fsp3) is 0.278. The van der Waals surface area contributed by atoms with Crippen LogP contribution in [0.5, 0.6) is 0 Å². The maximum atomic E-state index is 12.9. The molecule has 6 nitrogen and oxygen atoms in total. The Morgan fingerprint density at radius 1 is 1.27 bits per heavy atom. The van der Waals surface area contributed by atoms with Crippen molar-refractivity contribution in [1.29, 1.82) is 0 Å². The van der Waals surface area contributed by atoms with E-state index in [0.717, 1.165) is 11.1 Å². The number of hydrogen-bond donors (Lipinski definition) is 0. The van der Waals surface area contributed by atoms with Gasteiger partial charge in [0.05, 0.1) is 24.0 Å². The van der Waals surface area contributed by atoms with Gasteiger partial charge in [-0.15, -0.1) is 0 Å². The predicted molar refractivity (Wildman–Crippen MR) is 102 cm³/mol. The van der Waals surface area contributed by atoms with Crippen molar-refractivity contribution >= 4 is 29.1 Å². The maximum Gasteiger partial charge on any atom is 0.258 e. The number of benzene rings is 1. The first-order valence-electron chi connectivity index (χ1n) is 8.06. The van der Waals surface area contributed by atoms with Crippen molar-refractivity contribution in [3.8, 4) is 0 Å². The van der Waals surface area contributed by atoms with Crippen LogP contribution in [-0.4, -0.2) is 37.4 Å². The summed E-state index contributed by atoms with van der Waals surface area (Å²) in [6.45, 7) is 2.62. The molecule has 136 valence electrons. The van der Waals surface area contributed by atoms with E-state index in [1.54, 1.807) is 34.4 Å². The molecule has 0 spiro atoms. The average molecular weight is 392 g/mol. The minimum atomic E-state index is -0.179. The highest BCUT2D eigenvalue weighted by atomic mass is 35.5. The van der Waals surface area contributed by atoms with Gasteiger partial charge in [-0.3, -0.25) is 9.48 Å². The first-order valence-corrected chi connectivity index (χ1v) is 8.81. The van der Waals surface area contributed by atoms with E-state index in [-0.39, 0.29) is 5.91 Å². The fourth-order valence-electron chi connectivity index (χ4n) is 2.78. The number of carbonyl (C=O) groups excluding carboxylic acids is 1. The number of aryl methyl sites for hydroxylation is 2. The molecule has 0 aliphatic heterocycles. The zero-order valence-corrected chi connectivity index (χ0v) is 16.3. The van der Waals surface area contributed by atoms with Crippen LogP contribution < -0.4 is 0 Å². The van der Waals surface area contributed by atoms with E-state index < -0.39 is 0 Å². The van der Waals surface area contributed by atoms with Gasteiger partial charge in [0.15, 0.2) is 0 Å². The zero-order valence-electron chi connectivity index (χ0n) is 14.8. The second kappa shape index (κ2) is 7.51. The standard InChI is InChI=1S/C18H19Cl2N5O/c1-12-16(18(26)23(2)9-13-8-21-24(3)10-13)17(20)25(22-12)11-14-6-4-5-7-15(14)19/h4-8,10H,9,11H2,1-3H3. The molecule has 0 fully saturated rings. The van der Waals surface area contributed by atoms with Crippen LogP contribution >= 0.6 is 23.2 Å². The highest BCUT2D eigenvalue weighted by Crippen LogP contribution is 2.24. The molecule has 0 radical (unpaired) electrons. The summed E-state index contributed by atoms with van der Waals surface area (Å²) >= 11 is 12.7. The molecule has 0 aliphatic carbocycles. The Morgan fingerprint density at radius 3 is 2.65 bits per heavy atom. The fourth-order valence-corrected chi connectivity index (χ4v) is 3.29. The smallest absolute Gasteiger partial charge is 0.258 e. The molecule has 26 heavy (non-hydrogen) atoms. The summed E-state index contributed by atoms with van der Waals surface area (Å²) in [5.74, 6) is -0.179. The Bertz CT molecular complexity index is 947. The number of aromatic nitrogens is 4. The van der Waals surface area contributed by atoms with Crippen molar-refractivity contribution in [3.05, 3.63) is 69.2 Å². The van der Waals surface area contributed by atoms with E-state index in [1.165, 1.54) is 0 Å². The van der Waals surface area contributed by atoms with Crippen molar-refractivity contribution in [1.82, 2.24) is 24.5 Å². The second-order valence-electron chi connectivity index (χ2n) is 6.18. The molecule has 0 saturated carbocycles. The van der Waals surface area contributed by atoms with Crippen LogP contribution in [0.15, 0.2) is 36.7 Å². The third-order valence-corrected chi connectivity index (χ3v) is 4.83. The molecule has 1 amide bonds. The molecule has 0 saturated heterocycles. The Hall–Kier alpha value is -2.31. The molecular weight excluding hydrogens is 373 g/mol. The van der Waals surface area contributed by atoms with Crippen LogP contribution in [0.2, 0.25) is 10.2 Å². The Kier molecular flexibility index (Phi) is 5.34. The summed E-state index contributed by atoms with van der Waals surface area (Å²) in [4.78, 5) is 14.5. The molecule has 8 heteroatoms. The molecule has 3 rings (SSSR count). The molecule has 0 aliphatic rings. The topological polar surface area (TPSA) is 56.0 Å². The summed E-state index contributed by atoms with van der Waals surface area (Å²) in [6, 6.07) is 7.49. The van der Waals surface area contributed by atoms with E-state index in [4.69, 9.17) is 23.2 Å².